The van der Waals surface area contributed by atoms with Crippen LogP contribution in [0.1, 0.15) is 40.1 Å². The number of hydrogen-bond acceptors (Lipinski definition) is 5. The van der Waals surface area contributed by atoms with Gasteiger partial charge < -0.3 is 16.0 Å². The Morgan fingerprint density at radius 1 is 0.971 bits per heavy atom. The van der Waals surface area contributed by atoms with Crippen molar-refractivity contribution in [2.75, 3.05) is 12.4 Å². The lowest BCUT2D eigenvalue weighted by Gasteiger charge is -2.30. The number of anilines is 1. The van der Waals surface area contributed by atoms with E-state index in [0.29, 0.717) is 23.1 Å². The summed E-state index contributed by atoms with van der Waals surface area (Å²) in [5, 5.41) is 10.7. The summed E-state index contributed by atoms with van der Waals surface area (Å²) in [6.45, 7) is 0. The SMILES string of the molecule is CNC(=O)[C@H]1[C@@H]2CC[C@@H](C2)[C@H]1NC(=O)c1ccc(C(=O)Nc2ccccc2-c2cccs2)nc1. The van der Waals surface area contributed by atoms with E-state index in [1.165, 1.54) is 6.20 Å². The Hall–Kier alpha value is -3.52. The zero-order valence-corrected chi connectivity index (χ0v) is 19.6. The van der Waals surface area contributed by atoms with Crippen LogP contribution in [0, 0.1) is 17.8 Å². The first-order chi connectivity index (χ1) is 16.5. The molecular formula is C26H26N4O3S. The fourth-order valence-corrected chi connectivity index (χ4v) is 6.13. The minimum absolute atomic E-state index is 0.00882. The molecule has 0 spiro atoms. The quantitative estimate of drug-likeness (QED) is 0.504. The fourth-order valence-electron chi connectivity index (χ4n) is 5.37. The van der Waals surface area contributed by atoms with E-state index in [9.17, 15) is 14.4 Å². The third-order valence-electron chi connectivity index (χ3n) is 6.98. The second-order valence-corrected chi connectivity index (χ2v) is 9.83. The molecule has 8 heteroatoms. The topological polar surface area (TPSA) is 100 Å². The number of benzene rings is 1. The van der Waals surface area contributed by atoms with Gasteiger partial charge in [-0.05, 0) is 60.7 Å². The van der Waals surface area contributed by atoms with E-state index in [4.69, 9.17) is 0 Å². The van der Waals surface area contributed by atoms with E-state index in [0.717, 1.165) is 29.7 Å². The monoisotopic (exact) mass is 474 g/mol. The molecule has 3 N–H and O–H groups in total. The van der Waals surface area contributed by atoms with Crippen LogP contribution in [0.3, 0.4) is 0 Å². The summed E-state index contributed by atoms with van der Waals surface area (Å²) in [6.07, 6.45) is 4.47. The maximum absolute atomic E-state index is 12.9. The zero-order valence-electron chi connectivity index (χ0n) is 18.8. The Kier molecular flexibility index (Phi) is 6.15. The van der Waals surface area contributed by atoms with Crippen LogP contribution < -0.4 is 16.0 Å². The predicted octanol–water partition coefficient (Wildman–Crippen LogP) is 3.95. The van der Waals surface area contributed by atoms with Gasteiger partial charge in [-0.25, -0.2) is 0 Å². The van der Waals surface area contributed by atoms with E-state index >= 15 is 0 Å². The summed E-state index contributed by atoms with van der Waals surface area (Å²) in [4.78, 5) is 43.4. The summed E-state index contributed by atoms with van der Waals surface area (Å²) in [7, 11) is 1.64. The summed E-state index contributed by atoms with van der Waals surface area (Å²) >= 11 is 1.60. The normalized spacial score (nSPS) is 22.9. The molecule has 2 aliphatic rings. The highest BCUT2D eigenvalue weighted by Gasteiger charge is 2.51. The lowest BCUT2D eigenvalue weighted by molar-refractivity contribution is -0.126. The van der Waals surface area contributed by atoms with Gasteiger partial charge in [0.25, 0.3) is 11.8 Å². The standard InChI is InChI=1S/C26H26N4O3S/c1-27-26(33)22-15-8-9-16(13-15)23(22)30-24(31)17-10-11-20(28-14-17)25(32)29-19-6-3-2-5-18(19)21-7-4-12-34-21/h2-7,10-12,14-16,22-23H,8-9,13H2,1H3,(H,27,33)(H,29,32)(H,30,31)/t15-,16+,22+,23-/m1/s1. The van der Waals surface area contributed by atoms with Crippen molar-refractivity contribution in [3.05, 3.63) is 71.4 Å². The molecule has 1 aromatic carbocycles. The summed E-state index contributed by atoms with van der Waals surface area (Å²) in [5.41, 5.74) is 2.24. The Balaban J connectivity index is 1.27. The molecule has 5 rings (SSSR count). The number of hydrogen-bond donors (Lipinski definition) is 3. The first-order valence-corrected chi connectivity index (χ1v) is 12.4. The largest absolute Gasteiger partial charge is 0.359 e. The number of para-hydroxylation sites is 1. The first kappa shape index (κ1) is 22.3. The Labute approximate surface area is 202 Å². The van der Waals surface area contributed by atoms with Crippen LogP contribution >= 0.6 is 11.3 Å². The van der Waals surface area contributed by atoms with E-state index in [1.54, 1.807) is 30.5 Å². The molecule has 0 aliphatic heterocycles. The van der Waals surface area contributed by atoms with E-state index in [1.807, 2.05) is 41.8 Å². The molecule has 3 amide bonds. The average molecular weight is 475 g/mol. The molecule has 2 saturated carbocycles. The van der Waals surface area contributed by atoms with Gasteiger partial charge in [-0.3, -0.25) is 19.4 Å². The van der Waals surface area contributed by atoms with Gasteiger partial charge >= 0.3 is 0 Å². The zero-order chi connectivity index (χ0) is 23.7. The van der Waals surface area contributed by atoms with Crippen LogP contribution in [-0.4, -0.2) is 35.8 Å². The molecule has 0 unspecified atom stereocenters. The Morgan fingerprint density at radius 3 is 2.53 bits per heavy atom. The number of amides is 3. The van der Waals surface area contributed by atoms with Gasteiger partial charge in [0.1, 0.15) is 5.69 Å². The van der Waals surface area contributed by atoms with Crippen molar-refractivity contribution in [1.82, 2.24) is 15.6 Å². The molecule has 2 aliphatic carbocycles. The van der Waals surface area contributed by atoms with Crippen molar-refractivity contribution in [3.63, 3.8) is 0 Å². The fraction of sp³-hybridized carbons (Fsp3) is 0.308. The Bertz CT molecular complexity index is 1210. The maximum Gasteiger partial charge on any atom is 0.274 e. The molecule has 34 heavy (non-hydrogen) atoms. The van der Waals surface area contributed by atoms with Crippen LogP contribution in [0.5, 0.6) is 0 Å². The van der Waals surface area contributed by atoms with Gasteiger partial charge in [0.05, 0.1) is 11.5 Å². The Morgan fingerprint density at radius 2 is 1.79 bits per heavy atom. The molecule has 2 fully saturated rings. The number of nitrogens with one attached hydrogen (secondary N) is 3. The van der Waals surface area contributed by atoms with Crippen molar-refractivity contribution in [2.45, 2.75) is 25.3 Å². The third kappa shape index (κ3) is 4.21. The molecule has 174 valence electrons. The summed E-state index contributed by atoms with van der Waals surface area (Å²) < 4.78 is 0. The van der Waals surface area contributed by atoms with Gasteiger partial charge in [0, 0.05) is 35.4 Å². The molecule has 2 aromatic heterocycles. The minimum atomic E-state index is -0.344. The van der Waals surface area contributed by atoms with Crippen molar-refractivity contribution in [3.8, 4) is 10.4 Å². The smallest absolute Gasteiger partial charge is 0.274 e. The first-order valence-electron chi connectivity index (χ1n) is 11.5. The average Bonchev–Trinajstić information content (AvgIpc) is 3.62. The number of aromatic nitrogens is 1. The number of nitrogens with zero attached hydrogens (tertiary/aromatic N) is 1. The van der Waals surface area contributed by atoms with Crippen LogP contribution in [0.2, 0.25) is 0 Å². The molecule has 0 saturated heterocycles. The van der Waals surface area contributed by atoms with Gasteiger partial charge in [0.15, 0.2) is 0 Å². The number of carbonyl (C=O) groups is 3. The molecule has 7 nitrogen and oxygen atoms in total. The highest BCUT2D eigenvalue weighted by Crippen LogP contribution is 2.48. The highest BCUT2D eigenvalue weighted by atomic mass is 32.1. The molecule has 3 aromatic rings. The lowest BCUT2D eigenvalue weighted by Crippen LogP contribution is -2.49. The number of rotatable bonds is 6. The van der Waals surface area contributed by atoms with Crippen molar-refractivity contribution >= 4 is 34.7 Å². The van der Waals surface area contributed by atoms with Crippen LogP contribution in [0.15, 0.2) is 60.1 Å². The number of thiophene rings is 1. The second-order valence-electron chi connectivity index (χ2n) is 8.88. The van der Waals surface area contributed by atoms with Gasteiger partial charge in [0.2, 0.25) is 5.91 Å². The van der Waals surface area contributed by atoms with Crippen LogP contribution in [-0.2, 0) is 4.79 Å². The molecule has 2 heterocycles. The summed E-state index contributed by atoms with van der Waals surface area (Å²) in [5.74, 6) is -0.147. The van der Waals surface area contributed by atoms with Gasteiger partial charge in [-0.2, -0.15) is 0 Å². The highest BCUT2D eigenvalue weighted by molar-refractivity contribution is 7.13. The molecular weight excluding hydrogens is 448 g/mol. The molecule has 4 atom stereocenters. The number of carbonyl (C=O) groups excluding carboxylic acids is 3. The maximum atomic E-state index is 12.9. The predicted molar refractivity (Wildman–Crippen MR) is 132 cm³/mol. The van der Waals surface area contributed by atoms with E-state index in [2.05, 4.69) is 20.9 Å². The van der Waals surface area contributed by atoms with Gasteiger partial charge in [-0.1, -0.05) is 24.3 Å². The lowest BCUT2D eigenvalue weighted by atomic mass is 9.83. The van der Waals surface area contributed by atoms with Crippen LogP contribution in [0.4, 0.5) is 5.69 Å². The molecule has 2 bridgehead atoms. The van der Waals surface area contributed by atoms with Crippen LogP contribution in [0.25, 0.3) is 10.4 Å². The van der Waals surface area contributed by atoms with E-state index < -0.39 is 0 Å². The number of fused-ring (bicyclic) bond motifs is 2. The van der Waals surface area contributed by atoms with E-state index in [-0.39, 0.29) is 35.4 Å². The van der Waals surface area contributed by atoms with Crippen molar-refractivity contribution in [1.29, 1.82) is 0 Å². The number of pyridine rings is 1. The third-order valence-corrected chi connectivity index (χ3v) is 7.89. The van der Waals surface area contributed by atoms with Crippen molar-refractivity contribution < 1.29 is 14.4 Å². The van der Waals surface area contributed by atoms with Gasteiger partial charge in [-0.15, -0.1) is 11.3 Å². The minimum Gasteiger partial charge on any atom is -0.359 e. The molecule has 0 radical (unpaired) electrons. The van der Waals surface area contributed by atoms with Crippen molar-refractivity contribution in [2.24, 2.45) is 17.8 Å². The second kappa shape index (κ2) is 9.38. The summed E-state index contributed by atoms with van der Waals surface area (Å²) in [6, 6.07) is 14.6.